The summed E-state index contributed by atoms with van der Waals surface area (Å²) in [6.45, 7) is 9.17. The van der Waals surface area contributed by atoms with Gasteiger partial charge in [-0.3, -0.25) is 0 Å². The van der Waals surface area contributed by atoms with Crippen molar-refractivity contribution in [2.75, 3.05) is 79.8 Å². The van der Waals surface area contributed by atoms with Crippen molar-refractivity contribution in [3.05, 3.63) is 0 Å². The number of hydrogen-bond acceptors (Lipinski definition) is 6. The lowest BCUT2D eigenvalue weighted by atomic mass is 10.1. The van der Waals surface area contributed by atoms with Crippen molar-refractivity contribution >= 4 is 0 Å². The van der Waals surface area contributed by atoms with Gasteiger partial charge in [-0.1, -0.05) is 64.7 Å². The molecule has 29 heavy (non-hydrogen) atoms. The third-order valence-electron chi connectivity index (χ3n) is 4.56. The average molecular weight is 421 g/mol. The van der Waals surface area contributed by atoms with Gasteiger partial charge in [-0.05, 0) is 6.42 Å². The van der Waals surface area contributed by atoms with Gasteiger partial charge in [-0.25, -0.2) is 0 Å². The molecule has 0 fully saturated rings. The molecule has 0 rings (SSSR count). The highest BCUT2D eigenvalue weighted by Gasteiger charge is 1.95. The number of hydrogen-bond donors (Lipinski definition) is 0. The van der Waals surface area contributed by atoms with Gasteiger partial charge in [-0.2, -0.15) is 0 Å². The molecule has 0 atom stereocenters. The molecule has 0 aliphatic rings. The van der Waals surface area contributed by atoms with Crippen LogP contribution in [0.4, 0.5) is 0 Å². The molecule has 0 amide bonds. The van der Waals surface area contributed by atoms with Crippen LogP contribution in [0.25, 0.3) is 0 Å². The zero-order valence-corrected chi connectivity index (χ0v) is 19.3. The molecule has 0 aromatic heterocycles. The SMILES string of the molecule is CCCCCCCCCCCCOCCOCCOCCOCCOCCOC. The van der Waals surface area contributed by atoms with Crippen LogP contribution in [0.1, 0.15) is 71.1 Å². The van der Waals surface area contributed by atoms with Gasteiger partial charge in [0.15, 0.2) is 0 Å². The summed E-state index contributed by atoms with van der Waals surface area (Å²) in [5.41, 5.74) is 0. The van der Waals surface area contributed by atoms with E-state index >= 15 is 0 Å². The lowest BCUT2D eigenvalue weighted by Crippen LogP contribution is -2.14. The van der Waals surface area contributed by atoms with Crippen molar-refractivity contribution in [1.29, 1.82) is 0 Å². The lowest BCUT2D eigenvalue weighted by molar-refractivity contribution is -0.0148. The van der Waals surface area contributed by atoms with Crippen LogP contribution in [0.3, 0.4) is 0 Å². The molecule has 6 nitrogen and oxygen atoms in total. The number of rotatable bonds is 26. The van der Waals surface area contributed by atoms with Gasteiger partial charge < -0.3 is 28.4 Å². The monoisotopic (exact) mass is 420 g/mol. The highest BCUT2D eigenvalue weighted by molar-refractivity contribution is 4.47. The maximum absolute atomic E-state index is 5.61. The van der Waals surface area contributed by atoms with Crippen LogP contribution < -0.4 is 0 Å². The topological polar surface area (TPSA) is 55.4 Å². The molecule has 6 heteroatoms. The molecule has 0 saturated heterocycles. The van der Waals surface area contributed by atoms with Crippen molar-refractivity contribution in [2.45, 2.75) is 71.1 Å². The summed E-state index contributed by atoms with van der Waals surface area (Å²) >= 11 is 0. The first-order valence-electron chi connectivity index (χ1n) is 11.8. The second-order valence-corrected chi connectivity index (χ2v) is 7.24. The van der Waals surface area contributed by atoms with Crippen molar-refractivity contribution in [3.63, 3.8) is 0 Å². The Balaban J connectivity index is 2.97. The van der Waals surface area contributed by atoms with E-state index in [2.05, 4.69) is 6.92 Å². The highest BCUT2D eigenvalue weighted by atomic mass is 16.6. The smallest absolute Gasteiger partial charge is 0.0701 e. The predicted molar refractivity (Wildman–Crippen MR) is 118 cm³/mol. The molecule has 176 valence electrons. The van der Waals surface area contributed by atoms with Gasteiger partial charge in [0, 0.05) is 13.7 Å². The Morgan fingerprint density at radius 3 is 1.03 bits per heavy atom. The summed E-state index contributed by atoms with van der Waals surface area (Å²) in [6.07, 6.45) is 13.5. The van der Waals surface area contributed by atoms with Gasteiger partial charge in [0.1, 0.15) is 0 Å². The molecule has 0 radical (unpaired) electrons. The lowest BCUT2D eigenvalue weighted by Gasteiger charge is -2.08. The van der Waals surface area contributed by atoms with Crippen LogP contribution in [0.15, 0.2) is 0 Å². The van der Waals surface area contributed by atoms with Gasteiger partial charge in [0.2, 0.25) is 0 Å². The van der Waals surface area contributed by atoms with Crippen LogP contribution in [0.5, 0.6) is 0 Å². The molecular formula is C23H48O6. The summed E-state index contributed by atoms with van der Waals surface area (Å²) in [5, 5.41) is 0. The Hall–Kier alpha value is -0.240. The summed E-state index contributed by atoms with van der Waals surface area (Å²) in [6, 6.07) is 0. The van der Waals surface area contributed by atoms with Crippen LogP contribution in [0, 0.1) is 0 Å². The van der Waals surface area contributed by atoms with E-state index in [0.29, 0.717) is 66.1 Å². The van der Waals surface area contributed by atoms with Crippen molar-refractivity contribution < 1.29 is 28.4 Å². The zero-order chi connectivity index (χ0) is 21.1. The van der Waals surface area contributed by atoms with Crippen molar-refractivity contribution in [3.8, 4) is 0 Å². The second-order valence-electron chi connectivity index (χ2n) is 7.24. The Kier molecular flexibility index (Phi) is 27.5. The molecule has 0 unspecified atom stereocenters. The fourth-order valence-electron chi connectivity index (χ4n) is 2.82. The molecule has 0 spiro atoms. The zero-order valence-electron chi connectivity index (χ0n) is 19.3. The number of methoxy groups -OCH3 is 1. The summed E-state index contributed by atoms with van der Waals surface area (Å²) in [5.74, 6) is 0. The van der Waals surface area contributed by atoms with Crippen molar-refractivity contribution in [1.82, 2.24) is 0 Å². The normalized spacial score (nSPS) is 11.4. The molecule has 0 aliphatic heterocycles. The molecule has 0 bridgehead atoms. The average Bonchev–Trinajstić information content (AvgIpc) is 2.74. The fraction of sp³-hybridized carbons (Fsp3) is 1.00. The Morgan fingerprint density at radius 1 is 0.345 bits per heavy atom. The minimum absolute atomic E-state index is 0.579. The van der Waals surface area contributed by atoms with Crippen LogP contribution in [0.2, 0.25) is 0 Å². The van der Waals surface area contributed by atoms with E-state index in [-0.39, 0.29) is 0 Å². The third-order valence-corrected chi connectivity index (χ3v) is 4.56. The van der Waals surface area contributed by atoms with E-state index in [1.807, 2.05) is 0 Å². The minimum Gasteiger partial charge on any atom is -0.382 e. The van der Waals surface area contributed by atoms with Crippen LogP contribution in [-0.2, 0) is 28.4 Å². The standard InChI is InChI=1S/C23H48O6/c1-3-4-5-6-7-8-9-10-11-12-13-25-16-17-27-20-21-29-23-22-28-19-18-26-15-14-24-2/h3-23H2,1-2H3. The van der Waals surface area contributed by atoms with Gasteiger partial charge >= 0.3 is 0 Å². The fourth-order valence-corrected chi connectivity index (χ4v) is 2.82. The summed E-state index contributed by atoms with van der Waals surface area (Å²) in [4.78, 5) is 0. The molecule has 0 heterocycles. The first kappa shape index (κ1) is 28.8. The molecule has 0 aliphatic carbocycles. The second kappa shape index (κ2) is 27.8. The Labute approximate surface area is 179 Å². The van der Waals surface area contributed by atoms with E-state index in [4.69, 9.17) is 28.4 Å². The van der Waals surface area contributed by atoms with Gasteiger partial charge in [0.05, 0.1) is 66.1 Å². The first-order valence-corrected chi connectivity index (χ1v) is 11.8. The van der Waals surface area contributed by atoms with E-state index in [0.717, 1.165) is 13.0 Å². The van der Waals surface area contributed by atoms with E-state index in [9.17, 15) is 0 Å². The van der Waals surface area contributed by atoms with E-state index < -0.39 is 0 Å². The molecular weight excluding hydrogens is 372 g/mol. The molecule has 0 aromatic rings. The number of ether oxygens (including phenoxy) is 6. The minimum atomic E-state index is 0.579. The largest absolute Gasteiger partial charge is 0.382 e. The maximum atomic E-state index is 5.61. The quantitative estimate of drug-likeness (QED) is 0.190. The van der Waals surface area contributed by atoms with Crippen molar-refractivity contribution in [2.24, 2.45) is 0 Å². The predicted octanol–water partition coefficient (Wildman–Crippen LogP) is 4.64. The highest BCUT2D eigenvalue weighted by Crippen LogP contribution is 2.10. The summed E-state index contributed by atoms with van der Waals surface area (Å²) < 4.78 is 32.1. The van der Waals surface area contributed by atoms with Gasteiger partial charge in [0.25, 0.3) is 0 Å². The third kappa shape index (κ3) is 27.8. The van der Waals surface area contributed by atoms with E-state index in [1.54, 1.807) is 7.11 Å². The maximum Gasteiger partial charge on any atom is 0.0701 e. The Morgan fingerprint density at radius 2 is 0.655 bits per heavy atom. The molecule has 0 N–H and O–H groups in total. The molecule has 0 aromatic carbocycles. The Bertz CT molecular complexity index is 252. The van der Waals surface area contributed by atoms with Crippen LogP contribution >= 0.6 is 0 Å². The van der Waals surface area contributed by atoms with E-state index in [1.165, 1.54) is 57.8 Å². The first-order chi connectivity index (χ1) is 14.4. The summed E-state index contributed by atoms with van der Waals surface area (Å²) in [7, 11) is 1.66. The van der Waals surface area contributed by atoms with Crippen LogP contribution in [-0.4, -0.2) is 79.8 Å². The number of unbranched alkanes of at least 4 members (excludes halogenated alkanes) is 9. The molecule has 0 saturated carbocycles. The van der Waals surface area contributed by atoms with Gasteiger partial charge in [-0.15, -0.1) is 0 Å².